The number of rotatable bonds is 4. The molecule has 0 fully saturated rings. The van der Waals surface area contributed by atoms with E-state index in [0.29, 0.717) is 17.8 Å². The van der Waals surface area contributed by atoms with E-state index in [0.717, 1.165) is 6.42 Å². The molecule has 2 rings (SSSR count). The van der Waals surface area contributed by atoms with Gasteiger partial charge in [-0.2, -0.15) is 0 Å². The molecule has 0 unspecified atom stereocenters. The molecule has 0 spiro atoms. The van der Waals surface area contributed by atoms with Gasteiger partial charge in [0, 0.05) is 18.2 Å². The molecule has 110 valence electrons. The van der Waals surface area contributed by atoms with E-state index in [1.165, 1.54) is 17.7 Å². The molecule has 1 aromatic rings. The fourth-order valence-electron chi connectivity index (χ4n) is 2.27. The molecule has 0 saturated carbocycles. The van der Waals surface area contributed by atoms with Crippen LogP contribution in [0.3, 0.4) is 0 Å². The van der Waals surface area contributed by atoms with Crippen LogP contribution in [0.2, 0.25) is 0 Å². The van der Waals surface area contributed by atoms with Gasteiger partial charge in [0.15, 0.2) is 5.78 Å². The Morgan fingerprint density at radius 3 is 2.24 bits per heavy atom. The van der Waals surface area contributed by atoms with Crippen molar-refractivity contribution < 1.29 is 9.59 Å². The normalized spacial score (nSPS) is 15.6. The van der Waals surface area contributed by atoms with Crippen LogP contribution in [0.5, 0.6) is 0 Å². The standard InChI is InChI=1S/C18H21NO2/c1-18(2,3)14-11-17(21)15(12-16(14)20)19-10-9-13-7-5-4-6-8-13/h4-8,11-12,19H,9-10H2,1-3H3. The first-order valence-electron chi connectivity index (χ1n) is 7.18. The average molecular weight is 283 g/mol. The maximum Gasteiger partial charge on any atom is 0.202 e. The zero-order valence-electron chi connectivity index (χ0n) is 12.8. The van der Waals surface area contributed by atoms with Crippen LogP contribution in [0.4, 0.5) is 0 Å². The van der Waals surface area contributed by atoms with Crippen LogP contribution in [0.25, 0.3) is 0 Å². The number of ketones is 2. The summed E-state index contributed by atoms with van der Waals surface area (Å²) in [6, 6.07) is 10.0. The summed E-state index contributed by atoms with van der Waals surface area (Å²) in [5, 5.41) is 3.07. The Morgan fingerprint density at radius 2 is 1.62 bits per heavy atom. The monoisotopic (exact) mass is 283 g/mol. The first-order valence-corrected chi connectivity index (χ1v) is 7.18. The van der Waals surface area contributed by atoms with E-state index < -0.39 is 0 Å². The molecule has 3 heteroatoms. The van der Waals surface area contributed by atoms with Crippen LogP contribution in [0.1, 0.15) is 26.3 Å². The summed E-state index contributed by atoms with van der Waals surface area (Å²) >= 11 is 0. The minimum atomic E-state index is -0.307. The number of allylic oxidation sites excluding steroid dienone is 3. The molecule has 1 aromatic carbocycles. The van der Waals surface area contributed by atoms with E-state index >= 15 is 0 Å². The summed E-state index contributed by atoms with van der Waals surface area (Å²) in [7, 11) is 0. The molecule has 0 atom stereocenters. The Morgan fingerprint density at radius 1 is 0.952 bits per heavy atom. The second kappa shape index (κ2) is 6.08. The van der Waals surface area contributed by atoms with Gasteiger partial charge >= 0.3 is 0 Å². The van der Waals surface area contributed by atoms with Crippen LogP contribution in [0, 0.1) is 5.41 Å². The number of benzene rings is 1. The average Bonchev–Trinajstić information content (AvgIpc) is 2.42. The SMILES string of the molecule is CC(C)(C)C1=CC(=O)C(NCCc2ccccc2)=CC1=O. The van der Waals surface area contributed by atoms with Gasteiger partial charge in [-0.25, -0.2) is 0 Å². The third-order valence-electron chi connectivity index (χ3n) is 3.46. The molecule has 3 nitrogen and oxygen atoms in total. The lowest BCUT2D eigenvalue weighted by Gasteiger charge is -2.23. The fourth-order valence-corrected chi connectivity index (χ4v) is 2.27. The maximum absolute atomic E-state index is 12.1. The number of nitrogens with one attached hydrogen (secondary N) is 1. The van der Waals surface area contributed by atoms with E-state index in [2.05, 4.69) is 5.32 Å². The van der Waals surface area contributed by atoms with Crippen LogP contribution >= 0.6 is 0 Å². The molecule has 0 aromatic heterocycles. The predicted molar refractivity (Wildman–Crippen MR) is 83.8 cm³/mol. The lowest BCUT2D eigenvalue weighted by atomic mass is 9.81. The lowest BCUT2D eigenvalue weighted by Crippen LogP contribution is -2.29. The zero-order valence-corrected chi connectivity index (χ0v) is 12.8. The quantitative estimate of drug-likeness (QED) is 0.864. The summed E-state index contributed by atoms with van der Waals surface area (Å²) in [5.41, 5.74) is 1.86. The van der Waals surface area contributed by atoms with E-state index in [1.54, 1.807) is 0 Å². The molecule has 1 N–H and O–H groups in total. The van der Waals surface area contributed by atoms with Gasteiger partial charge < -0.3 is 5.32 Å². The van der Waals surface area contributed by atoms with Crippen molar-refractivity contribution in [1.82, 2.24) is 5.32 Å². The van der Waals surface area contributed by atoms with Gasteiger partial charge in [0.2, 0.25) is 5.78 Å². The minimum absolute atomic E-state index is 0.0793. The molecule has 0 amide bonds. The van der Waals surface area contributed by atoms with Gasteiger partial charge in [0.25, 0.3) is 0 Å². The molecular weight excluding hydrogens is 262 g/mol. The van der Waals surface area contributed by atoms with Crippen LogP contribution in [-0.4, -0.2) is 18.1 Å². The molecular formula is C18H21NO2. The van der Waals surface area contributed by atoms with Gasteiger partial charge in [-0.1, -0.05) is 51.1 Å². The van der Waals surface area contributed by atoms with Crippen molar-refractivity contribution in [3.05, 3.63) is 59.3 Å². The summed E-state index contributed by atoms with van der Waals surface area (Å²) in [4.78, 5) is 24.2. The van der Waals surface area contributed by atoms with Gasteiger partial charge in [0.1, 0.15) is 0 Å². The van der Waals surface area contributed by atoms with Crippen molar-refractivity contribution >= 4 is 11.6 Å². The van der Waals surface area contributed by atoms with Crippen LogP contribution in [0.15, 0.2) is 53.8 Å². The van der Waals surface area contributed by atoms with Crippen molar-refractivity contribution in [3.8, 4) is 0 Å². The van der Waals surface area contributed by atoms with Crippen molar-refractivity contribution in [3.63, 3.8) is 0 Å². The first-order chi connectivity index (χ1) is 9.88. The smallest absolute Gasteiger partial charge is 0.202 e. The summed E-state index contributed by atoms with van der Waals surface area (Å²) in [6.45, 7) is 6.44. The number of carbonyl (C=O) groups is 2. The molecule has 21 heavy (non-hydrogen) atoms. The van der Waals surface area contributed by atoms with E-state index in [-0.39, 0.29) is 17.0 Å². The summed E-state index contributed by atoms with van der Waals surface area (Å²) < 4.78 is 0. The van der Waals surface area contributed by atoms with Gasteiger partial charge in [-0.15, -0.1) is 0 Å². The Bertz CT molecular complexity index is 604. The summed E-state index contributed by atoms with van der Waals surface area (Å²) in [5.74, 6) is -0.197. The highest BCUT2D eigenvalue weighted by molar-refractivity contribution is 6.20. The lowest BCUT2D eigenvalue weighted by molar-refractivity contribution is -0.116. The second-order valence-electron chi connectivity index (χ2n) is 6.26. The Labute approximate surface area is 125 Å². The highest BCUT2D eigenvalue weighted by Gasteiger charge is 2.28. The molecule has 1 aliphatic carbocycles. The number of hydrogen-bond donors (Lipinski definition) is 1. The second-order valence-corrected chi connectivity index (χ2v) is 6.26. The third kappa shape index (κ3) is 3.91. The Balaban J connectivity index is 1.97. The zero-order chi connectivity index (χ0) is 15.5. The Hall–Kier alpha value is -2.16. The highest BCUT2D eigenvalue weighted by atomic mass is 16.1. The van der Waals surface area contributed by atoms with E-state index in [9.17, 15) is 9.59 Å². The van der Waals surface area contributed by atoms with Gasteiger partial charge in [-0.05, 0) is 23.5 Å². The molecule has 0 heterocycles. The molecule has 0 saturated heterocycles. The molecule has 1 aliphatic rings. The van der Waals surface area contributed by atoms with Gasteiger partial charge in [-0.3, -0.25) is 9.59 Å². The van der Waals surface area contributed by atoms with Crippen molar-refractivity contribution in [1.29, 1.82) is 0 Å². The minimum Gasteiger partial charge on any atom is -0.381 e. The molecule has 0 aliphatic heterocycles. The largest absolute Gasteiger partial charge is 0.381 e. The highest BCUT2D eigenvalue weighted by Crippen LogP contribution is 2.28. The maximum atomic E-state index is 12.1. The third-order valence-corrected chi connectivity index (χ3v) is 3.46. The molecule has 0 radical (unpaired) electrons. The molecule has 0 bridgehead atoms. The van der Waals surface area contributed by atoms with E-state index in [4.69, 9.17) is 0 Å². The van der Waals surface area contributed by atoms with Crippen molar-refractivity contribution in [2.45, 2.75) is 27.2 Å². The first kappa shape index (κ1) is 15.2. The van der Waals surface area contributed by atoms with Crippen LogP contribution in [-0.2, 0) is 16.0 Å². The Kier molecular flexibility index (Phi) is 4.41. The predicted octanol–water partition coefficient (Wildman–Crippen LogP) is 2.83. The topological polar surface area (TPSA) is 46.2 Å². The summed E-state index contributed by atoms with van der Waals surface area (Å²) in [6.07, 6.45) is 3.70. The number of hydrogen-bond acceptors (Lipinski definition) is 3. The van der Waals surface area contributed by atoms with E-state index in [1.807, 2.05) is 51.1 Å². The fraction of sp³-hybridized carbons (Fsp3) is 0.333. The van der Waals surface area contributed by atoms with Crippen molar-refractivity contribution in [2.75, 3.05) is 6.54 Å². The van der Waals surface area contributed by atoms with Crippen LogP contribution < -0.4 is 5.32 Å². The van der Waals surface area contributed by atoms with Crippen molar-refractivity contribution in [2.24, 2.45) is 5.41 Å². The van der Waals surface area contributed by atoms with Gasteiger partial charge in [0.05, 0.1) is 5.70 Å². The number of carbonyl (C=O) groups excluding carboxylic acids is 2.